The summed E-state index contributed by atoms with van der Waals surface area (Å²) in [4.78, 5) is 16.9. The smallest absolute Gasteiger partial charge is 0.178 e. The molecule has 1 unspecified atom stereocenters. The summed E-state index contributed by atoms with van der Waals surface area (Å²) in [5.41, 5.74) is 1.76. The van der Waals surface area contributed by atoms with Gasteiger partial charge in [-0.15, -0.1) is 11.8 Å². The van der Waals surface area contributed by atoms with Crippen molar-refractivity contribution in [2.45, 2.75) is 24.5 Å². The molecule has 0 aliphatic carbocycles. The minimum absolute atomic E-state index is 0.226. The second kappa shape index (κ2) is 4.39. The molecule has 1 saturated heterocycles. The highest BCUT2D eigenvalue weighted by Gasteiger charge is 2.37. The van der Waals surface area contributed by atoms with Crippen LogP contribution in [-0.2, 0) is 0 Å². The van der Waals surface area contributed by atoms with Gasteiger partial charge in [0.15, 0.2) is 5.78 Å². The van der Waals surface area contributed by atoms with Crippen molar-refractivity contribution in [3.63, 3.8) is 0 Å². The van der Waals surface area contributed by atoms with Crippen LogP contribution in [0.15, 0.2) is 36.5 Å². The lowest BCUT2D eigenvalue weighted by Gasteiger charge is -2.20. The van der Waals surface area contributed by atoms with Gasteiger partial charge in [0.25, 0.3) is 0 Å². The number of rotatable bonds is 2. The maximum Gasteiger partial charge on any atom is 0.178 e. The summed E-state index contributed by atoms with van der Waals surface area (Å²) in [6, 6.07) is 9.72. The van der Waals surface area contributed by atoms with Crippen LogP contribution >= 0.6 is 11.8 Å². The van der Waals surface area contributed by atoms with Gasteiger partial charge in [0.05, 0.1) is 10.3 Å². The van der Waals surface area contributed by atoms with Gasteiger partial charge in [-0.25, -0.2) is 0 Å². The molecule has 92 valence electrons. The largest absolute Gasteiger partial charge is 0.293 e. The Bertz CT molecular complexity index is 602. The first-order chi connectivity index (χ1) is 8.69. The SMILES string of the molecule is CC1(C(=O)c2ccc3ncccc3c2)CCCS1. The predicted octanol–water partition coefficient (Wildman–Crippen LogP) is 3.70. The lowest BCUT2D eigenvalue weighted by Crippen LogP contribution is -2.28. The van der Waals surface area contributed by atoms with Crippen molar-refractivity contribution >= 4 is 28.4 Å². The first kappa shape index (κ1) is 11.7. The van der Waals surface area contributed by atoms with E-state index in [1.165, 1.54) is 0 Å². The summed E-state index contributed by atoms with van der Waals surface area (Å²) < 4.78 is -0.226. The molecule has 0 radical (unpaired) electrons. The van der Waals surface area contributed by atoms with E-state index in [9.17, 15) is 4.79 Å². The van der Waals surface area contributed by atoms with Crippen LogP contribution in [-0.4, -0.2) is 21.3 Å². The summed E-state index contributed by atoms with van der Waals surface area (Å²) in [5.74, 6) is 1.35. The van der Waals surface area contributed by atoms with Gasteiger partial charge in [-0.3, -0.25) is 9.78 Å². The third-order valence-electron chi connectivity index (χ3n) is 3.56. The van der Waals surface area contributed by atoms with E-state index >= 15 is 0 Å². The molecule has 0 saturated carbocycles. The highest BCUT2D eigenvalue weighted by molar-refractivity contribution is 8.01. The molecule has 0 amide bonds. The van der Waals surface area contributed by atoms with Gasteiger partial charge < -0.3 is 0 Å². The Labute approximate surface area is 111 Å². The molecule has 3 rings (SSSR count). The van der Waals surface area contributed by atoms with Crippen LogP contribution in [0, 0.1) is 0 Å². The molecule has 3 heteroatoms. The van der Waals surface area contributed by atoms with E-state index in [4.69, 9.17) is 0 Å². The van der Waals surface area contributed by atoms with Crippen molar-refractivity contribution in [3.05, 3.63) is 42.1 Å². The summed E-state index contributed by atoms with van der Waals surface area (Å²) in [6.07, 6.45) is 3.90. The molecule has 2 nitrogen and oxygen atoms in total. The highest BCUT2D eigenvalue weighted by Crippen LogP contribution is 2.40. The Morgan fingerprint density at radius 3 is 3.06 bits per heavy atom. The second-order valence-corrected chi connectivity index (χ2v) is 6.52. The number of Topliss-reactive ketones (excluding diaryl/α,β-unsaturated/α-hetero) is 1. The number of carbonyl (C=O) groups is 1. The molecule has 1 aromatic heterocycles. The third kappa shape index (κ3) is 1.93. The van der Waals surface area contributed by atoms with Crippen LogP contribution in [0.1, 0.15) is 30.1 Å². The molecule has 1 atom stereocenters. The number of hydrogen-bond acceptors (Lipinski definition) is 3. The number of nitrogens with zero attached hydrogens (tertiary/aromatic N) is 1. The quantitative estimate of drug-likeness (QED) is 0.768. The van der Waals surface area contributed by atoms with Crippen molar-refractivity contribution in [2.24, 2.45) is 0 Å². The molecule has 1 aromatic carbocycles. The first-order valence-corrected chi connectivity index (χ1v) is 7.21. The fraction of sp³-hybridized carbons (Fsp3) is 0.333. The summed E-state index contributed by atoms with van der Waals surface area (Å²) in [6.45, 7) is 2.07. The van der Waals surface area contributed by atoms with Crippen LogP contribution in [0.25, 0.3) is 10.9 Å². The van der Waals surface area contributed by atoms with E-state index < -0.39 is 0 Å². The van der Waals surface area contributed by atoms with Gasteiger partial charge in [-0.05, 0) is 49.8 Å². The van der Waals surface area contributed by atoms with Crippen LogP contribution < -0.4 is 0 Å². The first-order valence-electron chi connectivity index (χ1n) is 6.23. The number of carbonyl (C=O) groups excluding carboxylic acids is 1. The van der Waals surface area contributed by atoms with Gasteiger partial charge >= 0.3 is 0 Å². The predicted molar refractivity (Wildman–Crippen MR) is 76.2 cm³/mol. The molecule has 1 aliphatic rings. The number of ketones is 1. The van der Waals surface area contributed by atoms with Gasteiger partial charge in [0.2, 0.25) is 0 Å². The Morgan fingerprint density at radius 1 is 1.39 bits per heavy atom. The molecule has 18 heavy (non-hydrogen) atoms. The maximum absolute atomic E-state index is 12.6. The fourth-order valence-corrected chi connectivity index (χ4v) is 3.76. The van der Waals surface area contributed by atoms with E-state index in [-0.39, 0.29) is 10.5 Å². The number of benzene rings is 1. The number of pyridine rings is 1. The molecule has 0 spiro atoms. The third-order valence-corrected chi connectivity index (χ3v) is 5.08. The summed E-state index contributed by atoms with van der Waals surface area (Å²) in [5, 5.41) is 1.04. The molecule has 1 fully saturated rings. The molecular weight excluding hydrogens is 242 g/mol. The van der Waals surface area contributed by atoms with E-state index in [2.05, 4.69) is 11.9 Å². The van der Waals surface area contributed by atoms with Gasteiger partial charge in [0, 0.05) is 17.1 Å². The average molecular weight is 257 g/mol. The highest BCUT2D eigenvalue weighted by atomic mass is 32.2. The Balaban J connectivity index is 2.01. The minimum Gasteiger partial charge on any atom is -0.293 e. The van der Waals surface area contributed by atoms with E-state index in [1.54, 1.807) is 18.0 Å². The van der Waals surface area contributed by atoms with Crippen LogP contribution in [0.5, 0.6) is 0 Å². The van der Waals surface area contributed by atoms with Crippen molar-refractivity contribution < 1.29 is 4.79 Å². The minimum atomic E-state index is -0.226. The fourth-order valence-electron chi connectivity index (χ4n) is 2.48. The molecule has 2 aromatic rings. The average Bonchev–Trinajstić information content (AvgIpc) is 2.85. The summed E-state index contributed by atoms with van der Waals surface area (Å²) in [7, 11) is 0. The zero-order valence-electron chi connectivity index (χ0n) is 10.3. The van der Waals surface area contributed by atoms with Crippen molar-refractivity contribution in [3.8, 4) is 0 Å². The maximum atomic E-state index is 12.6. The van der Waals surface area contributed by atoms with Crippen LogP contribution in [0.3, 0.4) is 0 Å². The molecular formula is C15H15NOS. The molecule has 0 bridgehead atoms. The Hall–Kier alpha value is -1.35. The lowest BCUT2D eigenvalue weighted by atomic mass is 9.94. The number of aromatic nitrogens is 1. The number of fused-ring (bicyclic) bond motifs is 1. The van der Waals surface area contributed by atoms with Gasteiger partial charge in [-0.1, -0.05) is 6.07 Å². The van der Waals surface area contributed by atoms with Crippen molar-refractivity contribution in [1.29, 1.82) is 0 Å². The second-order valence-electron chi connectivity index (χ2n) is 4.92. The molecule has 0 N–H and O–H groups in total. The number of hydrogen-bond donors (Lipinski definition) is 0. The molecule has 2 heterocycles. The Morgan fingerprint density at radius 2 is 2.28 bits per heavy atom. The standard InChI is InChI=1S/C15H15NOS/c1-15(7-3-9-18-15)14(17)12-5-6-13-11(10-12)4-2-8-16-13/h2,4-6,8,10H,3,7,9H2,1H3. The van der Waals surface area contributed by atoms with Gasteiger partial charge in [0.1, 0.15) is 0 Å². The topological polar surface area (TPSA) is 30.0 Å². The zero-order valence-corrected chi connectivity index (χ0v) is 11.2. The van der Waals surface area contributed by atoms with E-state index in [0.717, 1.165) is 35.1 Å². The van der Waals surface area contributed by atoms with E-state index in [1.807, 2.05) is 30.3 Å². The lowest BCUT2D eigenvalue weighted by molar-refractivity contribution is 0.0949. The van der Waals surface area contributed by atoms with E-state index in [0.29, 0.717) is 0 Å². The zero-order chi connectivity index (χ0) is 12.6. The monoisotopic (exact) mass is 257 g/mol. The Kier molecular flexibility index (Phi) is 2.86. The normalized spacial score (nSPS) is 23.4. The van der Waals surface area contributed by atoms with Crippen LogP contribution in [0.2, 0.25) is 0 Å². The van der Waals surface area contributed by atoms with Crippen molar-refractivity contribution in [2.75, 3.05) is 5.75 Å². The van der Waals surface area contributed by atoms with Crippen molar-refractivity contribution in [1.82, 2.24) is 4.98 Å². The summed E-state index contributed by atoms with van der Waals surface area (Å²) >= 11 is 1.79. The molecule has 1 aliphatic heterocycles. The number of thioether (sulfide) groups is 1. The van der Waals surface area contributed by atoms with Crippen LogP contribution in [0.4, 0.5) is 0 Å². The van der Waals surface area contributed by atoms with Gasteiger partial charge in [-0.2, -0.15) is 0 Å².